The lowest BCUT2D eigenvalue weighted by molar-refractivity contribution is 0.127. The van der Waals surface area contributed by atoms with Crippen LogP contribution in [0.4, 0.5) is 5.82 Å². The number of hydrogen-bond donors (Lipinski definition) is 2. The molecule has 0 amide bonds. The molecule has 0 aliphatic rings. The largest absolute Gasteiger partial charge is 0.481 e. The van der Waals surface area contributed by atoms with Crippen LogP contribution in [0.5, 0.6) is 5.88 Å². The Labute approximate surface area is 205 Å². The molecule has 0 spiro atoms. The Morgan fingerprint density at radius 2 is 2.03 bits per heavy atom. The highest BCUT2D eigenvalue weighted by Crippen LogP contribution is 2.22. The van der Waals surface area contributed by atoms with E-state index in [2.05, 4.69) is 27.2 Å². The summed E-state index contributed by atoms with van der Waals surface area (Å²) < 4.78 is 12.5. The standard InChI is InChI=1S/C25H36N6O4/c1-5-12-35-13-11-31-22-14-20(18-7-8-23(34-4)28-15-18)27-16-21(22)29-24(25(31)33)30(3)10-9-26-19(6-2)17-32/h7-8,14-16,19,26,32H,5-6,9-13,17H2,1-4H3/t19-/m0/s1. The second-order valence-corrected chi connectivity index (χ2v) is 8.32. The van der Waals surface area contributed by atoms with E-state index in [0.717, 1.165) is 18.4 Å². The number of aliphatic hydroxyl groups is 1. The molecule has 0 fully saturated rings. The van der Waals surface area contributed by atoms with Gasteiger partial charge in [-0.25, -0.2) is 9.97 Å². The Bertz CT molecular complexity index is 1130. The fourth-order valence-electron chi connectivity index (χ4n) is 3.70. The SMILES string of the molecule is CCCOCCn1c(=O)c(N(C)CCN[C@@H](CC)CO)nc2cnc(-c3ccc(OC)nc3)cc21. The molecule has 35 heavy (non-hydrogen) atoms. The third-order valence-electron chi connectivity index (χ3n) is 5.82. The predicted octanol–water partition coefficient (Wildman–Crippen LogP) is 2.09. The van der Waals surface area contributed by atoms with Crippen molar-refractivity contribution in [2.45, 2.75) is 39.3 Å². The molecule has 3 aromatic heterocycles. The van der Waals surface area contributed by atoms with Gasteiger partial charge in [-0.3, -0.25) is 9.78 Å². The Balaban J connectivity index is 1.95. The minimum absolute atomic E-state index is 0.0374. The van der Waals surface area contributed by atoms with E-state index in [1.54, 1.807) is 30.1 Å². The van der Waals surface area contributed by atoms with Gasteiger partial charge in [0, 0.05) is 57.2 Å². The predicted molar refractivity (Wildman–Crippen MR) is 137 cm³/mol. The zero-order valence-corrected chi connectivity index (χ0v) is 21.0. The molecule has 190 valence electrons. The number of aliphatic hydroxyl groups excluding tert-OH is 1. The van der Waals surface area contributed by atoms with Gasteiger partial charge in [0.25, 0.3) is 5.56 Å². The molecule has 0 aromatic carbocycles. The molecule has 10 nitrogen and oxygen atoms in total. The van der Waals surface area contributed by atoms with Crippen molar-refractivity contribution >= 4 is 16.9 Å². The van der Waals surface area contributed by atoms with Crippen molar-refractivity contribution in [1.29, 1.82) is 0 Å². The molecule has 0 unspecified atom stereocenters. The van der Waals surface area contributed by atoms with E-state index in [0.29, 0.717) is 61.3 Å². The van der Waals surface area contributed by atoms with E-state index >= 15 is 0 Å². The van der Waals surface area contributed by atoms with Gasteiger partial charge in [0.1, 0.15) is 5.52 Å². The molecule has 0 aliphatic heterocycles. The topological polar surface area (TPSA) is 115 Å². The lowest BCUT2D eigenvalue weighted by atomic mass is 10.2. The number of pyridine rings is 2. The molecule has 10 heteroatoms. The summed E-state index contributed by atoms with van der Waals surface area (Å²) in [5, 5.41) is 12.7. The second kappa shape index (κ2) is 13.1. The van der Waals surface area contributed by atoms with E-state index in [1.807, 2.05) is 31.0 Å². The molecular weight excluding hydrogens is 448 g/mol. The maximum atomic E-state index is 13.5. The smallest absolute Gasteiger partial charge is 0.294 e. The average Bonchev–Trinajstić information content (AvgIpc) is 2.89. The molecule has 0 radical (unpaired) electrons. The fourth-order valence-corrected chi connectivity index (χ4v) is 3.70. The van der Waals surface area contributed by atoms with Crippen LogP contribution in [0.1, 0.15) is 26.7 Å². The van der Waals surface area contributed by atoms with Crippen LogP contribution in [0.2, 0.25) is 0 Å². The van der Waals surface area contributed by atoms with Crippen molar-refractivity contribution in [2.75, 3.05) is 52.0 Å². The van der Waals surface area contributed by atoms with Gasteiger partial charge in [0.15, 0.2) is 5.82 Å². The van der Waals surface area contributed by atoms with Gasteiger partial charge < -0.3 is 29.4 Å². The Kier molecular flexibility index (Phi) is 9.95. The summed E-state index contributed by atoms with van der Waals surface area (Å²) in [6.45, 7) is 6.81. The van der Waals surface area contributed by atoms with Gasteiger partial charge in [0.05, 0.1) is 37.7 Å². The quantitative estimate of drug-likeness (QED) is 0.332. The molecule has 3 heterocycles. The van der Waals surface area contributed by atoms with Crippen molar-refractivity contribution in [3.63, 3.8) is 0 Å². The molecule has 0 aliphatic carbocycles. The van der Waals surface area contributed by atoms with E-state index in [4.69, 9.17) is 9.47 Å². The van der Waals surface area contributed by atoms with Gasteiger partial charge in [-0.1, -0.05) is 13.8 Å². The van der Waals surface area contributed by atoms with E-state index in [-0.39, 0.29) is 18.2 Å². The summed E-state index contributed by atoms with van der Waals surface area (Å²) in [4.78, 5) is 28.8. The average molecular weight is 485 g/mol. The molecule has 3 rings (SSSR count). The first-order valence-corrected chi connectivity index (χ1v) is 12.1. The number of anilines is 1. The van der Waals surface area contributed by atoms with Crippen LogP contribution in [-0.4, -0.2) is 77.7 Å². The van der Waals surface area contributed by atoms with Crippen LogP contribution in [0.25, 0.3) is 22.3 Å². The first-order valence-electron chi connectivity index (χ1n) is 12.1. The summed E-state index contributed by atoms with van der Waals surface area (Å²) >= 11 is 0. The number of fused-ring (bicyclic) bond motifs is 1. The van der Waals surface area contributed by atoms with Crippen LogP contribution >= 0.6 is 0 Å². The summed E-state index contributed by atoms with van der Waals surface area (Å²) in [6.07, 6.45) is 5.12. The maximum absolute atomic E-state index is 13.5. The minimum atomic E-state index is -0.181. The number of ether oxygens (including phenoxy) is 2. The molecule has 3 aromatic rings. The van der Waals surface area contributed by atoms with Gasteiger partial charge in [-0.2, -0.15) is 0 Å². The lowest BCUT2D eigenvalue weighted by Gasteiger charge is -2.22. The van der Waals surface area contributed by atoms with Crippen molar-refractivity contribution in [3.8, 4) is 17.1 Å². The van der Waals surface area contributed by atoms with Crippen LogP contribution in [0, 0.1) is 0 Å². The Morgan fingerprint density at radius 1 is 1.20 bits per heavy atom. The third-order valence-corrected chi connectivity index (χ3v) is 5.82. The third kappa shape index (κ3) is 6.74. The normalized spacial score (nSPS) is 12.1. The number of nitrogens with zero attached hydrogens (tertiary/aromatic N) is 5. The van der Waals surface area contributed by atoms with Crippen molar-refractivity contribution < 1.29 is 14.6 Å². The van der Waals surface area contributed by atoms with Crippen molar-refractivity contribution in [3.05, 3.63) is 40.9 Å². The van der Waals surface area contributed by atoms with Crippen molar-refractivity contribution in [1.82, 2.24) is 24.8 Å². The highest BCUT2D eigenvalue weighted by atomic mass is 16.5. The lowest BCUT2D eigenvalue weighted by Crippen LogP contribution is -2.40. The van der Waals surface area contributed by atoms with Crippen LogP contribution in [0.3, 0.4) is 0 Å². The molecule has 2 N–H and O–H groups in total. The van der Waals surface area contributed by atoms with E-state index < -0.39 is 0 Å². The fraction of sp³-hybridized carbons (Fsp3) is 0.520. The monoisotopic (exact) mass is 484 g/mol. The van der Waals surface area contributed by atoms with Crippen LogP contribution < -0.4 is 20.5 Å². The maximum Gasteiger partial charge on any atom is 0.294 e. The zero-order chi connectivity index (χ0) is 25.2. The summed E-state index contributed by atoms with van der Waals surface area (Å²) in [6, 6.07) is 5.56. The second-order valence-electron chi connectivity index (χ2n) is 8.32. The van der Waals surface area contributed by atoms with Gasteiger partial charge in [0.2, 0.25) is 5.88 Å². The number of likely N-dealkylation sites (N-methyl/N-ethyl adjacent to an activating group) is 1. The van der Waals surface area contributed by atoms with Crippen LogP contribution in [0.15, 0.2) is 35.4 Å². The summed E-state index contributed by atoms with van der Waals surface area (Å²) in [5.74, 6) is 0.875. The number of methoxy groups -OCH3 is 1. The summed E-state index contributed by atoms with van der Waals surface area (Å²) in [7, 11) is 3.42. The molecule has 0 bridgehead atoms. The minimum Gasteiger partial charge on any atom is -0.481 e. The molecule has 1 atom stereocenters. The number of nitrogens with one attached hydrogen (secondary N) is 1. The zero-order valence-electron chi connectivity index (χ0n) is 21.0. The first kappa shape index (κ1) is 26.5. The molecular formula is C25H36N6O4. The molecule has 0 saturated heterocycles. The van der Waals surface area contributed by atoms with E-state index in [9.17, 15) is 9.90 Å². The molecule has 0 saturated carbocycles. The van der Waals surface area contributed by atoms with Crippen LogP contribution in [-0.2, 0) is 11.3 Å². The van der Waals surface area contributed by atoms with Crippen molar-refractivity contribution in [2.24, 2.45) is 0 Å². The first-order chi connectivity index (χ1) is 17.0. The number of hydrogen-bond acceptors (Lipinski definition) is 9. The Morgan fingerprint density at radius 3 is 2.69 bits per heavy atom. The van der Waals surface area contributed by atoms with Gasteiger partial charge >= 0.3 is 0 Å². The number of aromatic nitrogens is 4. The highest BCUT2D eigenvalue weighted by molar-refractivity contribution is 5.80. The highest BCUT2D eigenvalue weighted by Gasteiger charge is 2.16. The van der Waals surface area contributed by atoms with Gasteiger partial charge in [-0.15, -0.1) is 0 Å². The van der Waals surface area contributed by atoms with Gasteiger partial charge in [-0.05, 0) is 25.0 Å². The Hall–Kier alpha value is -3.08. The summed E-state index contributed by atoms with van der Waals surface area (Å²) in [5.41, 5.74) is 2.64. The number of rotatable bonds is 14. The van der Waals surface area contributed by atoms with E-state index in [1.165, 1.54) is 0 Å².